The van der Waals surface area contributed by atoms with Gasteiger partial charge in [0, 0.05) is 43.3 Å². The summed E-state index contributed by atoms with van der Waals surface area (Å²) in [5.74, 6) is 0.360. The van der Waals surface area contributed by atoms with Crippen molar-refractivity contribution in [3.05, 3.63) is 63.8 Å². The van der Waals surface area contributed by atoms with Crippen LogP contribution in [-0.4, -0.2) is 23.7 Å². The van der Waals surface area contributed by atoms with E-state index in [-0.39, 0.29) is 11.5 Å². The van der Waals surface area contributed by atoms with Crippen molar-refractivity contribution in [3.63, 3.8) is 0 Å². The van der Waals surface area contributed by atoms with E-state index in [4.69, 9.17) is 9.15 Å². The van der Waals surface area contributed by atoms with E-state index >= 15 is 0 Å². The number of nitrogens with one attached hydrogen (secondary N) is 1. The quantitative estimate of drug-likeness (QED) is 0.769. The Labute approximate surface area is 156 Å². The van der Waals surface area contributed by atoms with E-state index in [1.807, 2.05) is 48.1 Å². The van der Waals surface area contributed by atoms with Gasteiger partial charge in [0.15, 0.2) is 0 Å². The first-order valence-electron chi connectivity index (χ1n) is 9.12. The summed E-state index contributed by atoms with van der Waals surface area (Å²) >= 11 is 0. The normalized spacial score (nSPS) is 15.2. The van der Waals surface area contributed by atoms with Crippen molar-refractivity contribution in [3.8, 4) is 0 Å². The highest BCUT2D eigenvalue weighted by atomic mass is 16.5. The lowest BCUT2D eigenvalue weighted by molar-refractivity contribution is 0.0796. The van der Waals surface area contributed by atoms with Gasteiger partial charge in [0.2, 0.25) is 0 Å². The fourth-order valence-corrected chi connectivity index (χ4v) is 3.69. The lowest BCUT2D eigenvalue weighted by atomic mass is 9.95. The van der Waals surface area contributed by atoms with Gasteiger partial charge in [-0.3, -0.25) is 4.79 Å². The number of hydrogen-bond acceptors (Lipinski definition) is 4. The number of carbonyl (C=O) groups excluding carboxylic acids is 1. The highest BCUT2D eigenvalue weighted by Gasteiger charge is 2.23. The fraction of sp³-hybridized carbons (Fsp3) is 0.333. The Bertz CT molecular complexity index is 1060. The van der Waals surface area contributed by atoms with Gasteiger partial charge < -0.3 is 19.0 Å². The molecule has 0 saturated carbocycles. The third-order valence-corrected chi connectivity index (χ3v) is 5.19. The number of rotatable bonds is 3. The van der Waals surface area contributed by atoms with E-state index in [1.54, 1.807) is 6.92 Å². The Morgan fingerprint density at radius 3 is 2.74 bits per heavy atom. The highest BCUT2D eigenvalue weighted by molar-refractivity contribution is 6.09. The molecule has 1 amide bonds. The van der Waals surface area contributed by atoms with Crippen LogP contribution in [0.5, 0.6) is 0 Å². The van der Waals surface area contributed by atoms with Gasteiger partial charge in [0.25, 0.3) is 5.91 Å². The Balaban J connectivity index is 1.64. The predicted octanol–water partition coefficient (Wildman–Crippen LogP) is 3.59. The predicted molar refractivity (Wildman–Crippen MR) is 103 cm³/mol. The number of fused-ring (bicyclic) bond motifs is 1. The van der Waals surface area contributed by atoms with Gasteiger partial charge in [-0.25, -0.2) is 4.79 Å². The van der Waals surface area contributed by atoms with Crippen LogP contribution < -0.4 is 10.9 Å². The van der Waals surface area contributed by atoms with E-state index in [9.17, 15) is 9.59 Å². The summed E-state index contributed by atoms with van der Waals surface area (Å²) in [6.45, 7) is 3.10. The minimum Gasteiger partial charge on any atom is -0.427 e. The van der Waals surface area contributed by atoms with Crippen LogP contribution in [0.25, 0.3) is 10.9 Å². The molecule has 6 nitrogen and oxygen atoms in total. The average Bonchev–Trinajstić information content (AvgIpc) is 3.04. The molecule has 1 aliphatic heterocycles. The van der Waals surface area contributed by atoms with Gasteiger partial charge in [-0.15, -0.1) is 0 Å². The molecule has 1 saturated heterocycles. The Morgan fingerprint density at radius 2 is 2.00 bits per heavy atom. The zero-order chi connectivity index (χ0) is 19.0. The molecule has 0 aliphatic carbocycles. The standard InChI is InChI=1S/C21H22N2O4/c1-13-12-18(14-7-10-26-11-8-14)27-21(25)19(13)20(24)22-16-4-3-5-17-15(16)6-9-23(17)2/h3-6,9,12,14H,7-8,10-11H2,1-2H3,(H,22,24). The van der Waals surface area contributed by atoms with Gasteiger partial charge >= 0.3 is 5.63 Å². The van der Waals surface area contributed by atoms with Crippen LogP contribution in [0, 0.1) is 6.92 Å². The van der Waals surface area contributed by atoms with Crippen LogP contribution in [0.1, 0.15) is 40.4 Å². The summed E-state index contributed by atoms with van der Waals surface area (Å²) in [4.78, 5) is 25.3. The van der Waals surface area contributed by atoms with E-state index in [0.717, 1.165) is 23.7 Å². The van der Waals surface area contributed by atoms with Crippen molar-refractivity contribution >= 4 is 22.5 Å². The molecule has 0 radical (unpaired) electrons. The number of nitrogens with zero attached hydrogens (tertiary/aromatic N) is 1. The molecule has 3 heterocycles. The van der Waals surface area contributed by atoms with E-state index < -0.39 is 11.5 Å². The Morgan fingerprint density at radius 1 is 1.22 bits per heavy atom. The smallest absolute Gasteiger partial charge is 0.349 e. The number of aryl methyl sites for hydroxylation is 2. The average molecular weight is 366 g/mol. The molecule has 1 N–H and O–H groups in total. The molecular weight excluding hydrogens is 344 g/mol. The minimum atomic E-state index is -0.589. The number of amides is 1. The molecule has 1 fully saturated rings. The molecule has 0 spiro atoms. The summed E-state index contributed by atoms with van der Waals surface area (Å²) in [6, 6.07) is 9.44. The summed E-state index contributed by atoms with van der Waals surface area (Å²) in [7, 11) is 1.95. The first kappa shape index (κ1) is 17.5. The lowest BCUT2D eigenvalue weighted by Crippen LogP contribution is -2.24. The monoisotopic (exact) mass is 366 g/mol. The van der Waals surface area contributed by atoms with E-state index in [2.05, 4.69) is 5.32 Å². The van der Waals surface area contributed by atoms with Crippen molar-refractivity contribution < 1.29 is 13.9 Å². The maximum Gasteiger partial charge on any atom is 0.349 e. The summed E-state index contributed by atoms with van der Waals surface area (Å²) < 4.78 is 12.8. The molecule has 0 bridgehead atoms. The van der Waals surface area contributed by atoms with E-state index in [1.165, 1.54) is 0 Å². The number of hydrogen-bond donors (Lipinski definition) is 1. The van der Waals surface area contributed by atoms with Crippen molar-refractivity contribution in [2.75, 3.05) is 18.5 Å². The van der Waals surface area contributed by atoms with Gasteiger partial charge in [-0.2, -0.15) is 0 Å². The third-order valence-electron chi connectivity index (χ3n) is 5.19. The summed E-state index contributed by atoms with van der Waals surface area (Å²) in [6.07, 6.45) is 3.58. The molecule has 1 aromatic carbocycles. The Kier molecular flexibility index (Phi) is 4.58. The zero-order valence-corrected chi connectivity index (χ0v) is 15.5. The third kappa shape index (κ3) is 3.28. The van der Waals surface area contributed by atoms with Crippen LogP contribution in [0.3, 0.4) is 0 Å². The molecule has 140 valence electrons. The number of carbonyl (C=O) groups is 1. The SMILES string of the molecule is Cc1cc(C2CCOCC2)oc(=O)c1C(=O)Nc1cccc2c1ccn2C. The van der Waals surface area contributed by atoms with Gasteiger partial charge in [-0.1, -0.05) is 6.07 Å². The molecular formula is C21H22N2O4. The van der Waals surface area contributed by atoms with Crippen LogP contribution in [-0.2, 0) is 11.8 Å². The summed E-state index contributed by atoms with van der Waals surface area (Å²) in [5, 5.41) is 3.79. The second-order valence-electron chi connectivity index (χ2n) is 7.00. The van der Waals surface area contributed by atoms with Gasteiger partial charge in [-0.05, 0) is 49.6 Å². The summed E-state index contributed by atoms with van der Waals surface area (Å²) in [5.41, 5.74) is 1.77. The molecule has 4 rings (SSSR count). The zero-order valence-electron chi connectivity index (χ0n) is 15.5. The molecule has 0 unspecified atom stereocenters. The van der Waals surface area contributed by atoms with Gasteiger partial charge in [0.1, 0.15) is 11.3 Å². The van der Waals surface area contributed by atoms with Crippen LogP contribution in [0.4, 0.5) is 5.69 Å². The van der Waals surface area contributed by atoms with Crippen molar-refractivity contribution in [1.82, 2.24) is 4.57 Å². The molecule has 1 aliphatic rings. The lowest BCUT2D eigenvalue weighted by Gasteiger charge is -2.21. The first-order chi connectivity index (χ1) is 13.0. The second kappa shape index (κ2) is 7.04. The topological polar surface area (TPSA) is 73.5 Å². The number of aromatic nitrogens is 1. The molecule has 0 atom stereocenters. The second-order valence-corrected chi connectivity index (χ2v) is 7.00. The van der Waals surface area contributed by atoms with Crippen LogP contribution in [0.15, 0.2) is 45.7 Å². The number of ether oxygens (including phenoxy) is 1. The van der Waals surface area contributed by atoms with Crippen LogP contribution >= 0.6 is 0 Å². The number of benzene rings is 1. The van der Waals surface area contributed by atoms with Gasteiger partial charge in [0.05, 0.1) is 5.69 Å². The highest BCUT2D eigenvalue weighted by Crippen LogP contribution is 2.28. The minimum absolute atomic E-state index is 0.0544. The van der Waals surface area contributed by atoms with Crippen molar-refractivity contribution in [1.29, 1.82) is 0 Å². The molecule has 27 heavy (non-hydrogen) atoms. The number of anilines is 1. The van der Waals surface area contributed by atoms with Crippen LogP contribution in [0.2, 0.25) is 0 Å². The molecule has 6 heteroatoms. The molecule has 3 aromatic rings. The van der Waals surface area contributed by atoms with E-state index in [0.29, 0.717) is 30.2 Å². The van der Waals surface area contributed by atoms with Crippen molar-refractivity contribution in [2.45, 2.75) is 25.7 Å². The largest absolute Gasteiger partial charge is 0.427 e. The van der Waals surface area contributed by atoms with Crippen molar-refractivity contribution in [2.24, 2.45) is 7.05 Å². The Hall–Kier alpha value is -2.86. The first-order valence-corrected chi connectivity index (χ1v) is 9.12. The molecule has 2 aromatic heterocycles. The maximum absolute atomic E-state index is 12.8. The maximum atomic E-state index is 12.8. The fourth-order valence-electron chi connectivity index (χ4n) is 3.69.